The smallest absolute Gasteiger partial charge is 0.280 e. The van der Waals surface area contributed by atoms with E-state index in [1.807, 2.05) is 4.90 Å². The van der Waals surface area contributed by atoms with Gasteiger partial charge in [-0.3, -0.25) is 9.36 Å². The van der Waals surface area contributed by atoms with Crippen LogP contribution in [0.5, 0.6) is 0 Å². The summed E-state index contributed by atoms with van der Waals surface area (Å²) in [4.78, 5) is 27.3. The van der Waals surface area contributed by atoms with Crippen LogP contribution >= 0.6 is 0 Å². The van der Waals surface area contributed by atoms with Gasteiger partial charge in [0.2, 0.25) is 5.89 Å². The molecule has 11 heteroatoms. The molecule has 0 unspecified atom stereocenters. The number of aryl methyl sites for hydroxylation is 1. The predicted octanol–water partition coefficient (Wildman–Crippen LogP) is 1.69. The van der Waals surface area contributed by atoms with Gasteiger partial charge in [0.05, 0.1) is 12.0 Å². The van der Waals surface area contributed by atoms with Gasteiger partial charge in [0.15, 0.2) is 28.6 Å². The zero-order valence-electron chi connectivity index (χ0n) is 16.4. The van der Waals surface area contributed by atoms with Crippen LogP contribution in [-0.2, 0) is 13.6 Å². The van der Waals surface area contributed by atoms with Crippen LogP contribution in [0, 0.1) is 23.5 Å². The minimum Gasteiger partial charge on any atom is -0.368 e. The van der Waals surface area contributed by atoms with Gasteiger partial charge in [-0.1, -0.05) is 11.2 Å². The Morgan fingerprint density at radius 2 is 1.94 bits per heavy atom. The highest BCUT2D eigenvalue weighted by atomic mass is 19.2. The predicted molar refractivity (Wildman–Crippen MR) is 104 cm³/mol. The van der Waals surface area contributed by atoms with Crippen LogP contribution in [0.1, 0.15) is 17.6 Å². The van der Waals surface area contributed by atoms with Crippen molar-refractivity contribution in [3.63, 3.8) is 0 Å². The summed E-state index contributed by atoms with van der Waals surface area (Å²) < 4.78 is 36.0. The number of halogens is 2. The molecule has 2 fully saturated rings. The lowest BCUT2D eigenvalue weighted by molar-refractivity contribution is 0.363. The molecule has 3 atom stereocenters. The Balaban J connectivity index is 1.17. The summed E-state index contributed by atoms with van der Waals surface area (Å²) in [5.74, 6) is -0.0881. The number of benzene rings is 1. The fraction of sp³-hybridized carbons (Fsp3) is 0.350. The molecule has 1 saturated heterocycles. The quantitative estimate of drug-likeness (QED) is 0.491. The van der Waals surface area contributed by atoms with Crippen molar-refractivity contribution in [3.05, 3.63) is 64.6 Å². The Kier molecular flexibility index (Phi) is 3.77. The molecule has 9 nitrogen and oxygen atoms in total. The first-order valence-electron chi connectivity index (χ1n) is 9.89. The average Bonchev–Trinajstić information content (AvgIpc) is 3.18. The van der Waals surface area contributed by atoms with E-state index < -0.39 is 11.6 Å². The summed E-state index contributed by atoms with van der Waals surface area (Å²) in [7, 11) is 1.73. The number of imidazole rings is 1. The van der Waals surface area contributed by atoms with Crippen molar-refractivity contribution in [2.24, 2.45) is 18.9 Å². The van der Waals surface area contributed by atoms with E-state index in [0.29, 0.717) is 36.0 Å². The maximum atomic E-state index is 14.1. The zero-order valence-corrected chi connectivity index (χ0v) is 16.4. The van der Waals surface area contributed by atoms with E-state index in [1.165, 1.54) is 17.0 Å². The van der Waals surface area contributed by atoms with Crippen molar-refractivity contribution in [2.75, 3.05) is 18.0 Å². The summed E-state index contributed by atoms with van der Waals surface area (Å²) in [6, 6.07) is 4.22. The third-order valence-electron chi connectivity index (χ3n) is 6.25. The van der Waals surface area contributed by atoms with Crippen molar-refractivity contribution in [1.29, 1.82) is 0 Å². The fourth-order valence-corrected chi connectivity index (χ4v) is 4.64. The molecule has 1 aliphatic carbocycles. The molecule has 158 valence electrons. The minimum absolute atomic E-state index is 0.114. The highest BCUT2D eigenvalue weighted by Gasteiger charge is 2.58. The molecule has 1 aromatic carbocycles. The number of hydrogen-bond acceptors (Lipinski definition) is 7. The highest BCUT2D eigenvalue weighted by molar-refractivity contribution is 5.68. The van der Waals surface area contributed by atoms with Gasteiger partial charge >= 0.3 is 0 Å². The molecule has 4 heterocycles. The van der Waals surface area contributed by atoms with Gasteiger partial charge in [-0.05, 0) is 24.0 Å². The number of nitrogens with zero attached hydrogens (tertiary/aromatic N) is 7. The van der Waals surface area contributed by atoms with Crippen molar-refractivity contribution in [2.45, 2.75) is 12.5 Å². The molecule has 1 saturated carbocycles. The van der Waals surface area contributed by atoms with Gasteiger partial charge in [-0.25, -0.2) is 18.7 Å². The van der Waals surface area contributed by atoms with Crippen LogP contribution in [0.25, 0.3) is 11.2 Å². The van der Waals surface area contributed by atoms with Crippen LogP contribution in [-0.4, -0.2) is 42.3 Å². The maximum Gasteiger partial charge on any atom is 0.280 e. The van der Waals surface area contributed by atoms with E-state index in [4.69, 9.17) is 4.52 Å². The second kappa shape index (κ2) is 6.43. The van der Waals surface area contributed by atoms with Crippen molar-refractivity contribution in [1.82, 2.24) is 29.2 Å². The van der Waals surface area contributed by atoms with E-state index >= 15 is 0 Å². The number of aromatic nitrogens is 6. The average molecular weight is 425 g/mol. The standard InChI is InChI=1S/C20H17F2N7O2/c1-27-8-23-19-17(27)20(30)29(9-24-19)7-14-25-18(26-31-14)15-10-5-28(6-11(10)15)13-4-2-3-12(21)16(13)22/h2-4,8-11,15H,5-7H2,1H3/t10-,11+,15-. The second-order valence-electron chi connectivity index (χ2n) is 8.08. The normalized spacial score (nSPS) is 22.3. The van der Waals surface area contributed by atoms with E-state index in [-0.39, 0.29) is 35.5 Å². The van der Waals surface area contributed by atoms with Gasteiger partial charge in [-0.15, -0.1) is 0 Å². The Hall–Kier alpha value is -3.63. The summed E-state index contributed by atoms with van der Waals surface area (Å²) in [5, 5.41) is 4.09. The molecule has 0 radical (unpaired) electrons. The van der Waals surface area contributed by atoms with E-state index in [0.717, 1.165) is 6.07 Å². The molecule has 31 heavy (non-hydrogen) atoms. The number of anilines is 1. The van der Waals surface area contributed by atoms with Gasteiger partial charge in [0, 0.05) is 26.1 Å². The summed E-state index contributed by atoms with van der Waals surface area (Å²) in [5.41, 5.74) is 0.849. The highest BCUT2D eigenvalue weighted by Crippen LogP contribution is 2.58. The van der Waals surface area contributed by atoms with Gasteiger partial charge in [-0.2, -0.15) is 4.98 Å². The third-order valence-corrected chi connectivity index (χ3v) is 6.25. The lowest BCUT2D eigenvalue weighted by Crippen LogP contribution is -2.25. The van der Waals surface area contributed by atoms with E-state index in [1.54, 1.807) is 24.0 Å². The fourth-order valence-electron chi connectivity index (χ4n) is 4.64. The first kappa shape index (κ1) is 18.2. The lowest BCUT2D eigenvalue weighted by atomic mass is 10.2. The molecule has 0 spiro atoms. The Morgan fingerprint density at radius 1 is 1.16 bits per heavy atom. The SMILES string of the molecule is Cn1cnc2ncn(Cc3nc([C@@H]4[C@@H]5CN(c6cccc(F)c6F)C[C@@H]54)no3)c(=O)c21. The van der Waals surface area contributed by atoms with Crippen LogP contribution in [0.15, 0.2) is 40.2 Å². The van der Waals surface area contributed by atoms with Crippen LogP contribution in [0.4, 0.5) is 14.5 Å². The van der Waals surface area contributed by atoms with E-state index in [2.05, 4.69) is 20.1 Å². The molecule has 0 amide bonds. The molecule has 0 N–H and O–H groups in total. The van der Waals surface area contributed by atoms with E-state index in [9.17, 15) is 13.6 Å². The number of hydrogen-bond donors (Lipinski definition) is 0. The Morgan fingerprint density at radius 3 is 2.74 bits per heavy atom. The maximum absolute atomic E-state index is 14.1. The summed E-state index contributed by atoms with van der Waals surface area (Å²) in [6.07, 6.45) is 2.96. The van der Waals surface area contributed by atoms with Crippen molar-refractivity contribution in [3.8, 4) is 0 Å². The monoisotopic (exact) mass is 425 g/mol. The zero-order chi connectivity index (χ0) is 21.3. The molecule has 3 aromatic heterocycles. The Bertz CT molecular complexity index is 1370. The van der Waals surface area contributed by atoms with Gasteiger partial charge < -0.3 is 14.0 Å². The molecule has 6 rings (SSSR count). The van der Waals surface area contributed by atoms with Gasteiger partial charge in [0.1, 0.15) is 12.9 Å². The molecule has 4 aromatic rings. The van der Waals surface area contributed by atoms with Crippen LogP contribution in [0.2, 0.25) is 0 Å². The minimum atomic E-state index is -0.841. The summed E-state index contributed by atoms with van der Waals surface area (Å²) >= 11 is 0. The first-order valence-corrected chi connectivity index (χ1v) is 9.89. The van der Waals surface area contributed by atoms with Crippen molar-refractivity contribution >= 4 is 16.9 Å². The van der Waals surface area contributed by atoms with Crippen LogP contribution < -0.4 is 10.5 Å². The molecule has 0 bridgehead atoms. The second-order valence-corrected chi connectivity index (χ2v) is 8.08. The number of rotatable bonds is 4. The van der Waals surface area contributed by atoms with Crippen LogP contribution in [0.3, 0.4) is 0 Å². The van der Waals surface area contributed by atoms with Gasteiger partial charge in [0.25, 0.3) is 5.56 Å². The number of fused-ring (bicyclic) bond motifs is 2. The molecular weight excluding hydrogens is 408 g/mol. The largest absolute Gasteiger partial charge is 0.368 e. The lowest BCUT2D eigenvalue weighted by Gasteiger charge is -2.22. The Labute approximate surface area is 173 Å². The number of piperidine rings is 1. The molecule has 2 aliphatic rings. The third kappa shape index (κ3) is 2.76. The molecular formula is C20H17F2N7O2. The first-order chi connectivity index (χ1) is 15.0. The molecule has 1 aliphatic heterocycles. The van der Waals surface area contributed by atoms with Crippen molar-refractivity contribution < 1.29 is 13.3 Å². The summed E-state index contributed by atoms with van der Waals surface area (Å²) in [6.45, 7) is 1.34. The topological polar surface area (TPSA) is 94.9 Å².